The van der Waals surface area contributed by atoms with Gasteiger partial charge in [-0.2, -0.15) is 0 Å². The van der Waals surface area contributed by atoms with E-state index in [2.05, 4.69) is 17.1 Å². The van der Waals surface area contributed by atoms with E-state index in [0.717, 1.165) is 28.5 Å². The quantitative estimate of drug-likeness (QED) is 0.855. The van der Waals surface area contributed by atoms with Crippen LogP contribution in [-0.2, 0) is 0 Å². The zero-order chi connectivity index (χ0) is 14.8. The summed E-state index contributed by atoms with van der Waals surface area (Å²) in [7, 11) is 0. The molecule has 2 fully saturated rings. The van der Waals surface area contributed by atoms with Crippen molar-refractivity contribution in [2.24, 2.45) is 5.92 Å². The number of nitrogens with zero attached hydrogens (tertiary/aromatic N) is 1. The number of piperidine rings is 1. The van der Waals surface area contributed by atoms with Crippen LogP contribution >= 0.6 is 23.2 Å². The third-order valence-corrected chi connectivity index (χ3v) is 5.37. The summed E-state index contributed by atoms with van der Waals surface area (Å²) in [6, 6.07) is 6.89. The van der Waals surface area contributed by atoms with Crippen molar-refractivity contribution in [2.75, 3.05) is 19.6 Å². The van der Waals surface area contributed by atoms with Crippen LogP contribution in [0.25, 0.3) is 0 Å². The van der Waals surface area contributed by atoms with Crippen molar-refractivity contribution in [1.82, 2.24) is 10.2 Å². The molecule has 1 aliphatic heterocycles. The maximum Gasteiger partial charge on any atom is 0.0454 e. The maximum atomic E-state index is 6.41. The predicted molar refractivity (Wildman–Crippen MR) is 90.2 cm³/mol. The number of hydrogen-bond donors (Lipinski definition) is 1. The van der Waals surface area contributed by atoms with Gasteiger partial charge in [-0.1, -0.05) is 23.2 Å². The number of benzene rings is 1. The average molecular weight is 327 g/mol. The molecule has 2 unspecified atom stereocenters. The first kappa shape index (κ1) is 15.6. The topological polar surface area (TPSA) is 15.3 Å². The van der Waals surface area contributed by atoms with E-state index in [9.17, 15) is 0 Å². The smallest absolute Gasteiger partial charge is 0.0454 e. The van der Waals surface area contributed by atoms with E-state index >= 15 is 0 Å². The van der Waals surface area contributed by atoms with Crippen LogP contribution in [0.1, 0.15) is 44.2 Å². The summed E-state index contributed by atoms with van der Waals surface area (Å²) < 4.78 is 0. The van der Waals surface area contributed by atoms with Crippen molar-refractivity contribution in [1.29, 1.82) is 0 Å². The summed E-state index contributed by atoms with van der Waals surface area (Å²) in [4.78, 5) is 2.65. The summed E-state index contributed by atoms with van der Waals surface area (Å²) >= 11 is 12.6. The Morgan fingerprint density at radius 3 is 2.76 bits per heavy atom. The van der Waals surface area contributed by atoms with E-state index in [4.69, 9.17) is 23.2 Å². The fourth-order valence-corrected chi connectivity index (χ4v) is 3.88. The molecule has 1 saturated heterocycles. The van der Waals surface area contributed by atoms with Crippen LogP contribution in [0.4, 0.5) is 0 Å². The van der Waals surface area contributed by atoms with Crippen LogP contribution < -0.4 is 5.32 Å². The number of hydrogen-bond acceptors (Lipinski definition) is 2. The third-order valence-electron chi connectivity index (χ3n) is 4.79. The van der Waals surface area contributed by atoms with Gasteiger partial charge in [-0.15, -0.1) is 0 Å². The summed E-state index contributed by atoms with van der Waals surface area (Å²) in [6.07, 6.45) is 5.28. The Balaban J connectivity index is 1.74. The van der Waals surface area contributed by atoms with Crippen molar-refractivity contribution in [2.45, 2.75) is 44.7 Å². The van der Waals surface area contributed by atoms with Gasteiger partial charge in [0.05, 0.1) is 0 Å². The van der Waals surface area contributed by atoms with Gasteiger partial charge in [0.15, 0.2) is 0 Å². The second-order valence-corrected chi connectivity index (χ2v) is 7.33. The molecule has 2 atom stereocenters. The largest absolute Gasteiger partial charge is 0.316 e. The first-order valence-corrected chi connectivity index (χ1v) is 8.82. The molecule has 0 aromatic heterocycles. The monoisotopic (exact) mass is 326 g/mol. The number of rotatable bonds is 5. The lowest BCUT2D eigenvalue weighted by molar-refractivity contribution is 0.154. The molecule has 1 aromatic rings. The molecule has 0 spiro atoms. The normalized spacial score (nSPS) is 24.3. The molecule has 2 aliphatic rings. The van der Waals surface area contributed by atoms with Gasteiger partial charge in [-0.25, -0.2) is 0 Å². The molecule has 21 heavy (non-hydrogen) atoms. The van der Waals surface area contributed by atoms with Gasteiger partial charge in [-0.05, 0) is 75.4 Å². The van der Waals surface area contributed by atoms with Gasteiger partial charge in [0, 0.05) is 28.7 Å². The fraction of sp³-hybridized carbons (Fsp3) is 0.647. The van der Waals surface area contributed by atoms with Crippen LogP contribution in [-0.4, -0.2) is 30.6 Å². The minimum atomic E-state index is 0.339. The lowest BCUT2D eigenvalue weighted by atomic mass is 9.97. The zero-order valence-electron chi connectivity index (χ0n) is 12.6. The van der Waals surface area contributed by atoms with Gasteiger partial charge in [0.25, 0.3) is 0 Å². The van der Waals surface area contributed by atoms with E-state index in [0.29, 0.717) is 6.04 Å². The minimum Gasteiger partial charge on any atom is -0.316 e. The Morgan fingerprint density at radius 1 is 1.29 bits per heavy atom. The molecule has 1 aliphatic carbocycles. The molecule has 0 amide bonds. The van der Waals surface area contributed by atoms with Crippen molar-refractivity contribution >= 4 is 23.2 Å². The highest BCUT2D eigenvalue weighted by Crippen LogP contribution is 2.38. The molecule has 4 heteroatoms. The Morgan fingerprint density at radius 2 is 2.10 bits per heavy atom. The molecule has 1 aromatic carbocycles. The highest BCUT2D eigenvalue weighted by atomic mass is 35.5. The Labute approximate surface area is 137 Å². The molecule has 1 heterocycles. The molecule has 3 rings (SSSR count). The van der Waals surface area contributed by atoms with E-state index < -0.39 is 0 Å². The highest BCUT2D eigenvalue weighted by Gasteiger charge is 2.35. The second kappa shape index (κ2) is 6.87. The second-order valence-electron chi connectivity index (χ2n) is 6.48. The Kier molecular flexibility index (Phi) is 5.11. The average Bonchev–Trinajstić information content (AvgIpc) is 3.32. The van der Waals surface area contributed by atoms with Crippen molar-refractivity contribution in [3.8, 4) is 0 Å². The lowest BCUT2D eigenvalue weighted by Gasteiger charge is -2.35. The molecule has 1 saturated carbocycles. The van der Waals surface area contributed by atoms with Gasteiger partial charge in [0.1, 0.15) is 0 Å². The molecule has 2 nitrogen and oxygen atoms in total. The molecule has 116 valence electrons. The van der Waals surface area contributed by atoms with Crippen LogP contribution in [0.5, 0.6) is 0 Å². The summed E-state index contributed by atoms with van der Waals surface area (Å²) in [5.41, 5.74) is 1.17. The van der Waals surface area contributed by atoms with Gasteiger partial charge in [0.2, 0.25) is 0 Å². The van der Waals surface area contributed by atoms with Crippen LogP contribution in [0.2, 0.25) is 10.0 Å². The van der Waals surface area contributed by atoms with Gasteiger partial charge in [-0.3, -0.25) is 4.90 Å². The Hall–Kier alpha value is -0.280. The number of halogens is 2. The number of nitrogens with one attached hydrogen (secondary N) is 1. The molecule has 0 bridgehead atoms. The van der Waals surface area contributed by atoms with Gasteiger partial charge >= 0.3 is 0 Å². The third kappa shape index (κ3) is 3.92. The molecular formula is C17H24Cl2N2. The predicted octanol–water partition coefficient (Wildman–Crippen LogP) is 4.52. The molecule has 0 radical (unpaired) electrons. The van der Waals surface area contributed by atoms with Crippen LogP contribution in [0.15, 0.2) is 18.2 Å². The highest BCUT2D eigenvalue weighted by molar-refractivity contribution is 6.33. The van der Waals surface area contributed by atoms with Crippen LogP contribution in [0.3, 0.4) is 0 Å². The SMILES string of the molecule is CC(c1cc(Cl)ccc1Cl)N(CC1CCCNC1)C1CC1. The van der Waals surface area contributed by atoms with Crippen molar-refractivity contribution in [3.05, 3.63) is 33.8 Å². The minimum absolute atomic E-state index is 0.339. The first-order chi connectivity index (χ1) is 10.1. The van der Waals surface area contributed by atoms with Crippen molar-refractivity contribution < 1.29 is 0 Å². The van der Waals surface area contributed by atoms with E-state index in [1.807, 2.05) is 18.2 Å². The molecule has 1 N–H and O–H groups in total. The van der Waals surface area contributed by atoms with E-state index in [1.54, 1.807) is 0 Å². The lowest BCUT2D eigenvalue weighted by Crippen LogP contribution is -2.40. The summed E-state index contributed by atoms with van der Waals surface area (Å²) in [5.74, 6) is 0.764. The standard InChI is InChI=1S/C17H24Cl2N2/c1-12(16-9-14(18)4-7-17(16)19)21(15-5-6-15)11-13-3-2-8-20-10-13/h4,7,9,12-13,15,20H,2-3,5-6,8,10-11H2,1H3. The maximum absolute atomic E-state index is 6.41. The summed E-state index contributed by atoms with van der Waals surface area (Å²) in [5, 5.41) is 5.13. The van der Waals surface area contributed by atoms with E-state index in [1.165, 1.54) is 44.3 Å². The molecular weight excluding hydrogens is 303 g/mol. The van der Waals surface area contributed by atoms with Gasteiger partial charge < -0.3 is 5.32 Å². The summed E-state index contributed by atoms with van der Waals surface area (Å²) in [6.45, 7) is 5.77. The fourth-order valence-electron chi connectivity index (χ4n) is 3.42. The van der Waals surface area contributed by atoms with Crippen molar-refractivity contribution in [3.63, 3.8) is 0 Å². The first-order valence-electron chi connectivity index (χ1n) is 8.06. The van der Waals surface area contributed by atoms with E-state index in [-0.39, 0.29) is 0 Å². The zero-order valence-corrected chi connectivity index (χ0v) is 14.1. The Bertz CT molecular complexity index is 482. The van der Waals surface area contributed by atoms with Crippen LogP contribution in [0, 0.1) is 5.92 Å².